The van der Waals surface area contributed by atoms with Gasteiger partial charge in [0.2, 0.25) is 0 Å². The molecule has 774 valence electrons. The van der Waals surface area contributed by atoms with Crippen LogP contribution in [-0.2, 0) is 95.7 Å². The number of rotatable bonds is 12. The number of ether oxygens (including phenoxy) is 3. The van der Waals surface area contributed by atoms with Crippen LogP contribution >= 0.6 is 95.5 Å². The number of halogens is 4. The first-order chi connectivity index (χ1) is 62.0. The molecule has 0 bridgehead atoms. The molecule has 0 radical (unpaired) electrons. The standard InChI is InChI=1S/C23H30N2O2S.C20H26N2O2S.C11H18N2S.C10H18O2.C10H16O2.C10H18O.C10H16O.C9H9IO2.C3H7BO2.CH3.Cl3OP.Pd/c1-6-27-20(26)15-7-9-16(10-8-15)25(17-11-12-17)21-24-18-19(28-21)23(4,5)14-13-22(18,2)3;1-6-24-17(23)13-7-9-14(10-8-13)21-18-22-15-16(25-18)20(4,5)12-11-19(15,2)3;1-10(2)5-6-11(3,4)8-7(10)13-9(12)14-8;2*1-9(2)5-7(11)10(3,4)8(12)6-9;2*1-9(2)5-6-10(3,4)8(11)7-9;1-2-12-9(11)7-3-5-8(10)6-4-7;5-4(6)3-1-2-3;;1-5(2,3)4;/h7-10,17H,6,11-14H2,1-5H3;7-10H,6,11-12H2,1-5H3,(H,21,22);5-6H2,1-4H3,(H2,12,13);7,11H,5-6H2,1-4H3;5-6H2,1-4H3;5-7H2,1-4H3;5-6H,7H2,1-4H3;3-6H,2H2,1H3;3,5-6H,1-2H2;1H3;;/q;;;;;;;;;-1;;. The quantitative estimate of drug-likeness (QED) is 0.0111. The van der Waals surface area contributed by atoms with E-state index in [-0.39, 0.29) is 134 Å². The summed E-state index contributed by atoms with van der Waals surface area (Å²) in [6.45, 7) is 66.0. The zero-order chi connectivity index (χ0) is 103. The van der Waals surface area contributed by atoms with E-state index in [1.807, 2.05) is 128 Å². The minimum atomic E-state index is -3.22. The molecule has 6 aromatic rings. The van der Waals surface area contributed by atoms with Crippen LogP contribution in [0.2, 0.25) is 5.82 Å². The van der Waals surface area contributed by atoms with Crippen molar-refractivity contribution in [3.05, 3.63) is 144 Å². The fourth-order valence-corrected chi connectivity index (χ4v) is 20.7. The Hall–Kier alpha value is -5.11. The Labute approximate surface area is 880 Å². The zero-order valence-corrected chi connectivity index (χ0v) is 97.7. The van der Waals surface area contributed by atoms with Gasteiger partial charge in [0.1, 0.15) is 28.9 Å². The number of hydrogen-bond donors (Lipinski definition) is 5. The molecule has 0 saturated heterocycles. The van der Waals surface area contributed by atoms with Crippen molar-refractivity contribution in [2.24, 2.45) is 43.3 Å². The number of allylic oxidation sites excluding steroid dienone is 2. The van der Waals surface area contributed by atoms with Gasteiger partial charge in [-0.3, -0.25) is 28.5 Å². The number of nitrogens with two attached hydrogens (primary N) is 1. The number of carbonyl (C=O) groups is 8. The molecule has 1 atom stereocenters. The number of benzene rings is 3. The van der Waals surface area contributed by atoms with E-state index in [1.165, 1.54) is 83.1 Å². The van der Waals surface area contributed by atoms with Gasteiger partial charge in [-0.2, -0.15) is 0 Å². The first-order valence-corrected chi connectivity index (χ1v) is 55.9. The molecule has 138 heavy (non-hydrogen) atoms. The molecule has 3 aromatic carbocycles. The summed E-state index contributed by atoms with van der Waals surface area (Å²) in [4.78, 5) is 114. The van der Waals surface area contributed by atoms with Crippen LogP contribution in [0.4, 0.5) is 26.8 Å². The number of nitrogens with zero attached hydrogens (tertiary/aromatic N) is 4. The summed E-state index contributed by atoms with van der Waals surface area (Å²) < 4.78 is 25.6. The second-order valence-electron chi connectivity index (χ2n) is 47.1. The Morgan fingerprint density at radius 3 is 1.20 bits per heavy atom. The second kappa shape index (κ2) is 49.4. The Balaban J connectivity index is 0.000000332. The van der Waals surface area contributed by atoms with Gasteiger partial charge < -0.3 is 52.7 Å². The number of ketones is 5. The van der Waals surface area contributed by atoms with Crippen molar-refractivity contribution in [1.29, 1.82) is 0 Å². The van der Waals surface area contributed by atoms with E-state index in [0.29, 0.717) is 79.8 Å². The largest absolute Gasteiger partial charge is 0.462 e. The average molecular weight is 2250 g/mol. The molecule has 0 amide bonds. The summed E-state index contributed by atoms with van der Waals surface area (Å²) in [6.07, 6.45) is 21.3. The van der Waals surface area contributed by atoms with Gasteiger partial charge in [-0.25, -0.2) is 29.3 Å². The molecule has 9 aliphatic rings. The maximum atomic E-state index is 12.0. The molecule has 5 fully saturated rings. The molecule has 0 spiro atoms. The van der Waals surface area contributed by atoms with E-state index in [0.717, 1.165) is 68.9 Å². The van der Waals surface area contributed by atoms with Crippen LogP contribution < -0.4 is 16.0 Å². The van der Waals surface area contributed by atoms with E-state index in [9.17, 15) is 48.0 Å². The number of fused-ring (bicyclic) bond motifs is 3. The van der Waals surface area contributed by atoms with Crippen LogP contribution in [0.3, 0.4) is 0 Å². The molecule has 3 aromatic heterocycles. The van der Waals surface area contributed by atoms with Gasteiger partial charge in [0.25, 0.3) is 0 Å². The first kappa shape index (κ1) is 125. The fraction of sp³-hybridized carbons (Fsp3) is 0.645. The Morgan fingerprint density at radius 1 is 0.478 bits per heavy atom. The third kappa shape index (κ3) is 36.8. The molecule has 21 nitrogen and oxygen atoms in total. The number of aromatic nitrogens is 3. The van der Waals surface area contributed by atoms with Crippen molar-refractivity contribution in [3.8, 4) is 0 Å². The molecule has 31 heteroatoms. The molecular weight excluding hydrogens is 2090 g/mol. The number of nitrogens with one attached hydrogen (secondary N) is 1. The van der Waals surface area contributed by atoms with Crippen molar-refractivity contribution >= 4 is 176 Å². The molecular formula is C107H161BCl3IN6O15PPdS3-. The number of aliphatic hydroxyl groups excluding tert-OH is 1. The number of aliphatic hydroxyl groups is 1. The number of nitrogen functional groups attached to an aromatic ring is 1. The molecule has 6 N–H and O–H groups in total. The average Bonchev–Trinajstić information content (AvgIpc) is 1.52. The third-order valence-electron chi connectivity index (χ3n) is 27.3. The predicted molar refractivity (Wildman–Crippen MR) is 577 cm³/mol. The summed E-state index contributed by atoms with van der Waals surface area (Å²) in [5, 5.41) is 29.1. The summed E-state index contributed by atoms with van der Waals surface area (Å²) in [5.41, 5.74) is 13.1. The van der Waals surface area contributed by atoms with Gasteiger partial charge in [0.15, 0.2) is 15.4 Å². The zero-order valence-electron chi connectivity index (χ0n) is 88.3. The van der Waals surface area contributed by atoms with Crippen molar-refractivity contribution < 1.29 is 92.7 Å². The maximum absolute atomic E-state index is 12.0. The van der Waals surface area contributed by atoms with Gasteiger partial charge in [0, 0.05) is 137 Å². The Kier molecular flexibility index (Phi) is 44.8. The Morgan fingerprint density at radius 2 is 0.848 bits per heavy atom. The van der Waals surface area contributed by atoms with E-state index in [2.05, 4.69) is 202 Å². The van der Waals surface area contributed by atoms with Crippen LogP contribution in [0.1, 0.15) is 393 Å². The number of anilines is 5. The van der Waals surface area contributed by atoms with Crippen molar-refractivity contribution in [2.45, 2.75) is 381 Å². The van der Waals surface area contributed by atoms with E-state index in [1.54, 1.807) is 74.6 Å². The molecule has 15 rings (SSSR count). The van der Waals surface area contributed by atoms with Gasteiger partial charge in [-0.15, -0.1) is 34.0 Å². The summed E-state index contributed by atoms with van der Waals surface area (Å²) in [5.74, 6) is 0.555. The number of hydrogen-bond acceptors (Lipinski definition) is 24. The van der Waals surface area contributed by atoms with Gasteiger partial charge >= 0.3 is 30.2 Å². The van der Waals surface area contributed by atoms with Gasteiger partial charge in [-0.05, 0) is 276 Å². The smallest absolute Gasteiger partial charge is 0.454 e. The number of carbonyl (C=O) groups excluding carboxylic acids is 8. The first-order valence-electron chi connectivity index (χ1n) is 48.0. The summed E-state index contributed by atoms with van der Waals surface area (Å²) in [7, 11) is -1.04. The normalized spacial score (nSPS) is 21.4. The van der Waals surface area contributed by atoms with Crippen molar-refractivity contribution in [2.75, 3.05) is 35.8 Å². The van der Waals surface area contributed by atoms with Crippen LogP contribution in [0.5, 0.6) is 0 Å². The van der Waals surface area contributed by atoms with Crippen LogP contribution in [0.15, 0.2) is 84.9 Å². The monoisotopic (exact) mass is 2250 g/mol. The van der Waals surface area contributed by atoms with Crippen LogP contribution in [0, 0.1) is 54.3 Å². The fourth-order valence-electron chi connectivity index (χ4n) is 16.5. The molecule has 1 unspecified atom stereocenters. The molecule has 0 aliphatic heterocycles. The van der Waals surface area contributed by atoms with E-state index < -0.39 is 29.3 Å². The molecule has 3 heterocycles. The minimum absolute atomic E-state index is 0. The van der Waals surface area contributed by atoms with Crippen LogP contribution in [-0.4, -0.2) is 116 Å². The number of esters is 3. The number of thiazole rings is 3. The summed E-state index contributed by atoms with van der Waals surface area (Å²) >= 11 is 21.3. The third-order valence-corrected chi connectivity index (χ3v) is 32.0. The van der Waals surface area contributed by atoms with Crippen molar-refractivity contribution in [1.82, 2.24) is 15.0 Å². The topological polar surface area (TPSA) is 322 Å². The molecule has 9 aliphatic carbocycles. The van der Waals surface area contributed by atoms with Gasteiger partial charge in [-0.1, -0.05) is 191 Å². The minimum Gasteiger partial charge on any atom is -0.462 e. The van der Waals surface area contributed by atoms with E-state index in [4.69, 9.17) is 40.0 Å². The second-order valence-corrected chi connectivity index (χ2v) is 58.0. The molecule has 5 saturated carbocycles. The number of Topliss-reactive ketones (excluding diaryl/α,β-unsaturated/α-hetero) is 5. The van der Waals surface area contributed by atoms with Gasteiger partial charge in [0.05, 0.1) is 65.1 Å². The predicted octanol–water partition coefficient (Wildman–Crippen LogP) is 28.9. The SMILES string of the molecule is CC1(C)C=CC(C)(C)C(=O)C1.CC1(C)CC(=O)C(C)(C)C(=O)C1.CC1(C)CC(=O)C(C)(C)C(O)C1.CC1(C)CCC(C)(C)C(=O)C1.CC1(C)CCC(C)(C)c2sc(N)nc21.CCOC(=O)c1ccc(I)cc1.CCOC(=O)c1ccc(N(c2nc3c(s2)C(C)(C)CCC3(C)C)C2CC2)cc1.CCOC(=O)c1ccc(Nc2nc3c(s2)C(C)(C)CCC3(C)C)cc1.O=P(Cl)(Cl)Cl.OB(O)C1CC1.[CH3-].[Pd]. The van der Waals surface area contributed by atoms with Crippen molar-refractivity contribution in [3.63, 3.8) is 0 Å². The maximum Gasteiger partial charge on any atom is 0.454 e. The summed E-state index contributed by atoms with van der Waals surface area (Å²) in [6, 6.07) is 22.9. The van der Waals surface area contributed by atoms with Crippen LogP contribution in [0.25, 0.3) is 0 Å². The van der Waals surface area contributed by atoms with E-state index >= 15 is 0 Å². The Bertz CT molecular complexity index is 5080.